The minimum absolute atomic E-state index is 0.577. The molecule has 2 heterocycles. The smallest absolute Gasteiger partial charge is 0.134 e. The normalized spacial score (nSPS) is 12.5. The van der Waals surface area contributed by atoms with Crippen molar-refractivity contribution >= 4 is 23.0 Å². The highest BCUT2D eigenvalue weighted by atomic mass is 32.1. The third kappa shape index (κ3) is 2.96. The molecule has 0 spiro atoms. The van der Waals surface area contributed by atoms with E-state index in [1.54, 1.807) is 6.26 Å². The summed E-state index contributed by atoms with van der Waals surface area (Å²) in [5.74, 6) is 0.774. The molecule has 4 heteroatoms. The van der Waals surface area contributed by atoms with Crippen LogP contribution in [0.1, 0.15) is 23.4 Å². The molecule has 0 aromatic carbocycles. The third-order valence-electron chi connectivity index (χ3n) is 2.25. The first kappa shape index (κ1) is 12.3. The van der Waals surface area contributed by atoms with Gasteiger partial charge in [-0.15, -0.1) is 11.3 Å². The van der Waals surface area contributed by atoms with Crippen LogP contribution in [0.5, 0.6) is 0 Å². The Labute approximate surface area is 110 Å². The summed E-state index contributed by atoms with van der Waals surface area (Å²) in [6.45, 7) is 3.85. The van der Waals surface area contributed by atoms with Gasteiger partial charge in [0.15, 0.2) is 0 Å². The van der Waals surface area contributed by atoms with E-state index in [1.165, 1.54) is 11.3 Å². The average molecular weight is 256 g/mol. The first-order valence-corrected chi connectivity index (χ1v) is 6.33. The van der Waals surface area contributed by atoms with Crippen molar-refractivity contribution in [3.8, 4) is 6.07 Å². The van der Waals surface area contributed by atoms with Crippen LogP contribution in [0.3, 0.4) is 0 Å². The van der Waals surface area contributed by atoms with E-state index in [4.69, 9.17) is 9.68 Å². The molecule has 0 aliphatic heterocycles. The maximum atomic E-state index is 9.16. The molecule has 2 aromatic rings. The van der Waals surface area contributed by atoms with Gasteiger partial charge in [-0.2, -0.15) is 5.26 Å². The molecule has 0 amide bonds. The summed E-state index contributed by atoms with van der Waals surface area (Å²) in [7, 11) is 0. The Balaban J connectivity index is 2.28. The van der Waals surface area contributed by atoms with Crippen molar-refractivity contribution in [3.05, 3.63) is 51.9 Å². The summed E-state index contributed by atoms with van der Waals surface area (Å²) in [4.78, 5) is 4.31. The zero-order valence-corrected chi connectivity index (χ0v) is 11.0. The molecule has 0 aliphatic carbocycles. The van der Waals surface area contributed by atoms with Crippen molar-refractivity contribution in [2.24, 2.45) is 0 Å². The Kier molecular flexibility index (Phi) is 3.75. The maximum absolute atomic E-state index is 9.16. The minimum atomic E-state index is 0.577. The molecule has 0 radical (unpaired) electrons. The third-order valence-corrected chi connectivity index (χ3v) is 3.25. The molecule has 0 bridgehead atoms. The van der Waals surface area contributed by atoms with Gasteiger partial charge in [0.2, 0.25) is 0 Å². The lowest BCUT2D eigenvalue weighted by atomic mass is 10.1. The van der Waals surface area contributed by atoms with Gasteiger partial charge >= 0.3 is 0 Å². The molecule has 2 aromatic heterocycles. The molecule has 3 nitrogen and oxygen atoms in total. The monoisotopic (exact) mass is 256 g/mol. The molecule has 0 N–H and O–H groups in total. The second kappa shape index (κ2) is 5.48. The van der Waals surface area contributed by atoms with Gasteiger partial charge in [0.25, 0.3) is 0 Å². The van der Waals surface area contributed by atoms with Crippen LogP contribution in [0.2, 0.25) is 0 Å². The van der Waals surface area contributed by atoms with Crippen LogP contribution in [0.25, 0.3) is 11.6 Å². The topological polar surface area (TPSA) is 49.8 Å². The van der Waals surface area contributed by atoms with E-state index in [0.29, 0.717) is 5.57 Å². The van der Waals surface area contributed by atoms with Crippen molar-refractivity contribution in [1.82, 2.24) is 4.98 Å². The van der Waals surface area contributed by atoms with Crippen molar-refractivity contribution in [1.29, 1.82) is 5.26 Å². The van der Waals surface area contributed by atoms with Crippen LogP contribution in [-0.4, -0.2) is 4.98 Å². The minimum Gasteiger partial charge on any atom is -0.465 e. The molecule has 0 atom stereocenters. The lowest BCUT2D eigenvalue weighted by molar-refractivity contribution is 0.556. The van der Waals surface area contributed by atoms with Crippen LogP contribution >= 0.6 is 11.3 Å². The summed E-state index contributed by atoms with van der Waals surface area (Å²) in [5, 5.41) is 11.9. The standard InChI is InChI=1S/C14H12N2OS/c1-10(7-13-4-3-5-17-13)6-12(8-15)14-16-11(2)9-18-14/h3-7,9H,1-2H3/b10-7+,12-6+. The van der Waals surface area contributed by atoms with Gasteiger partial charge < -0.3 is 4.42 Å². The van der Waals surface area contributed by atoms with Crippen LogP contribution < -0.4 is 0 Å². The quantitative estimate of drug-likeness (QED) is 0.614. The lowest BCUT2D eigenvalue weighted by Crippen LogP contribution is -1.82. The van der Waals surface area contributed by atoms with Gasteiger partial charge in [-0.1, -0.05) is 0 Å². The highest BCUT2D eigenvalue weighted by Crippen LogP contribution is 2.21. The number of furan rings is 1. The van der Waals surface area contributed by atoms with Crippen molar-refractivity contribution in [2.45, 2.75) is 13.8 Å². The Bertz CT molecular complexity index is 627. The van der Waals surface area contributed by atoms with Crippen LogP contribution in [-0.2, 0) is 0 Å². The summed E-state index contributed by atoms with van der Waals surface area (Å²) in [6.07, 6.45) is 5.33. The summed E-state index contributed by atoms with van der Waals surface area (Å²) < 4.78 is 5.23. The number of hydrogen-bond donors (Lipinski definition) is 0. The van der Waals surface area contributed by atoms with E-state index < -0.39 is 0 Å². The molecule has 0 fully saturated rings. The van der Waals surface area contributed by atoms with Crippen molar-refractivity contribution in [3.63, 3.8) is 0 Å². The molecular weight excluding hydrogens is 244 g/mol. The van der Waals surface area contributed by atoms with Gasteiger partial charge in [0.05, 0.1) is 11.8 Å². The molecule has 0 saturated carbocycles. The summed E-state index contributed by atoms with van der Waals surface area (Å²) >= 11 is 1.48. The first-order chi connectivity index (χ1) is 8.69. The molecule has 0 saturated heterocycles. The van der Waals surface area contributed by atoms with Gasteiger partial charge in [-0.25, -0.2) is 4.98 Å². The molecule has 2 rings (SSSR count). The summed E-state index contributed by atoms with van der Waals surface area (Å²) in [6, 6.07) is 5.88. The number of nitrogens with zero attached hydrogens (tertiary/aromatic N) is 2. The fraction of sp³-hybridized carbons (Fsp3) is 0.143. The fourth-order valence-corrected chi connectivity index (χ4v) is 2.25. The number of aryl methyl sites for hydroxylation is 1. The Hall–Kier alpha value is -2.12. The second-order valence-electron chi connectivity index (χ2n) is 3.87. The predicted octanol–water partition coefficient (Wildman–Crippen LogP) is 4.06. The molecule has 0 unspecified atom stereocenters. The van der Waals surface area contributed by atoms with E-state index in [-0.39, 0.29) is 0 Å². The number of aromatic nitrogens is 1. The Morgan fingerprint density at radius 1 is 1.56 bits per heavy atom. The van der Waals surface area contributed by atoms with Crippen LogP contribution in [0.4, 0.5) is 0 Å². The van der Waals surface area contributed by atoms with Gasteiger partial charge in [0, 0.05) is 11.1 Å². The molecule has 0 aliphatic rings. The highest BCUT2D eigenvalue weighted by molar-refractivity contribution is 7.10. The SMILES string of the molecule is CC(=C\c1ccco1)/C=C(\C#N)c1nc(C)cs1. The van der Waals surface area contributed by atoms with E-state index in [1.807, 2.05) is 43.5 Å². The highest BCUT2D eigenvalue weighted by Gasteiger charge is 2.05. The van der Waals surface area contributed by atoms with Crippen molar-refractivity contribution < 1.29 is 4.42 Å². The van der Waals surface area contributed by atoms with E-state index in [0.717, 1.165) is 22.0 Å². The van der Waals surface area contributed by atoms with E-state index in [9.17, 15) is 0 Å². The van der Waals surface area contributed by atoms with E-state index >= 15 is 0 Å². The van der Waals surface area contributed by atoms with Gasteiger partial charge in [0.1, 0.15) is 16.8 Å². The summed E-state index contributed by atoms with van der Waals surface area (Å²) in [5.41, 5.74) is 2.46. The Morgan fingerprint density at radius 2 is 2.39 bits per heavy atom. The Morgan fingerprint density at radius 3 is 2.94 bits per heavy atom. The predicted molar refractivity (Wildman–Crippen MR) is 72.8 cm³/mol. The number of thiazole rings is 1. The number of allylic oxidation sites excluding steroid dienone is 3. The number of nitriles is 1. The van der Waals surface area contributed by atoms with Crippen molar-refractivity contribution in [2.75, 3.05) is 0 Å². The fourth-order valence-electron chi connectivity index (χ4n) is 1.49. The van der Waals surface area contributed by atoms with Gasteiger partial charge in [-0.05, 0) is 43.7 Å². The molecular formula is C14H12N2OS. The second-order valence-corrected chi connectivity index (χ2v) is 4.73. The lowest BCUT2D eigenvalue weighted by Gasteiger charge is -1.94. The number of hydrogen-bond acceptors (Lipinski definition) is 4. The largest absolute Gasteiger partial charge is 0.465 e. The maximum Gasteiger partial charge on any atom is 0.134 e. The molecule has 18 heavy (non-hydrogen) atoms. The van der Waals surface area contributed by atoms with E-state index in [2.05, 4.69) is 11.1 Å². The molecule has 90 valence electrons. The zero-order valence-electron chi connectivity index (χ0n) is 10.2. The zero-order chi connectivity index (χ0) is 13.0. The van der Waals surface area contributed by atoms with Crippen LogP contribution in [0.15, 0.2) is 39.8 Å². The van der Waals surface area contributed by atoms with Crippen LogP contribution in [0, 0.1) is 18.3 Å². The average Bonchev–Trinajstić information content (AvgIpc) is 2.97. The first-order valence-electron chi connectivity index (χ1n) is 5.45. The number of rotatable bonds is 3. The van der Waals surface area contributed by atoms with Gasteiger partial charge in [-0.3, -0.25) is 0 Å².